The number of hydrogen-bond acceptors (Lipinski definition) is 3. The minimum absolute atomic E-state index is 0.0729. The minimum atomic E-state index is -2.86. The molecule has 1 rings (SSSR count). The molecule has 0 amide bonds. The first-order chi connectivity index (χ1) is 5.54. The number of sulfone groups is 1. The van der Waals surface area contributed by atoms with Crippen LogP contribution >= 0.6 is 0 Å². The molecule has 1 aliphatic rings. The standard InChI is InChI=1S/C8H14O3S/c1-2-3-4-8(5-9)6-12(10,11)7-8/h5H,2-4,6-7H2,1H3. The maximum atomic E-state index is 10.9. The van der Waals surface area contributed by atoms with Crippen LogP contribution in [0.1, 0.15) is 26.2 Å². The van der Waals surface area contributed by atoms with Crippen molar-refractivity contribution >= 4 is 16.1 Å². The van der Waals surface area contributed by atoms with E-state index in [2.05, 4.69) is 0 Å². The van der Waals surface area contributed by atoms with E-state index in [1.165, 1.54) is 0 Å². The molecule has 1 heterocycles. The molecule has 0 atom stereocenters. The fourth-order valence-electron chi connectivity index (χ4n) is 1.63. The van der Waals surface area contributed by atoms with E-state index < -0.39 is 15.3 Å². The van der Waals surface area contributed by atoms with Crippen LogP contribution in [-0.4, -0.2) is 26.2 Å². The average molecular weight is 190 g/mol. The second-order valence-electron chi connectivity index (χ2n) is 3.62. The van der Waals surface area contributed by atoms with Crippen molar-refractivity contribution < 1.29 is 13.2 Å². The summed E-state index contributed by atoms with van der Waals surface area (Å²) in [5, 5.41) is 0. The molecule has 0 spiro atoms. The lowest BCUT2D eigenvalue weighted by molar-refractivity contribution is -0.115. The van der Waals surface area contributed by atoms with Crippen molar-refractivity contribution in [2.45, 2.75) is 26.2 Å². The van der Waals surface area contributed by atoms with Gasteiger partial charge in [0.2, 0.25) is 0 Å². The van der Waals surface area contributed by atoms with E-state index in [9.17, 15) is 13.2 Å². The molecule has 0 aromatic carbocycles. The SMILES string of the molecule is CCCCC1(C=O)CS(=O)(=O)C1. The van der Waals surface area contributed by atoms with E-state index in [4.69, 9.17) is 0 Å². The third kappa shape index (κ3) is 1.86. The van der Waals surface area contributed by atoms with Gasteiger partial charge in [-0.3, -0.25) is 0 Å². The zero-order valence-corrected chi connectivity index (χ0v) is 8.06. The molecule has 0 saturated carbocycles. The summed E-state index contributed by atoms with van der Waals surface area (Å²) in [6.07, 6.45) is 3.50. The van der Waals surface area contributed by atoms with Crippen molar-refractivity contribution in [1.29, 1.82) is 0 Å². The summed E-state index contributed by atoms with van der Waals surface area (Å²) in [7, 11) is -2.86. The Balaban J connectivity index is 2.53. The Morgan fingerprint density at radius 2 is 2.00 bits per heavy atom. The summed E-state index contributed by atoms with van der Waals surface area (Å²) in [5.41, 5.74) is -0.519. The molecule has 0 bridgehead atoms. The quantitative estimate of drug-likeness (QED) is 0.616. The molecule has 0 aromatic heterocycles. The maximum Gasteiger partial charge on any atom is 0.152 e. The normalized spacial score (nSPS) is 24.4. The Morgan fingerprint density at radius 1 is 1.42 bits per heavy atom. The Labute approximate surface area is 73.1 Å². The lowest BCUT2D eigenvalue weighted by atomic mass is 9.88. The zero-order chi connectivity index (χ0) is 9.24. The van der Waals surface area contributed by atoms with Gasteiger partial charge >= 0.3 is 0 Å². The van der Waals surface area contributed by atoms with Gasteiger partial charge in [-0.2, -0.15) is 0 Å². The molecule has 0 aromatic rings. The summed E-state index contributed by atoms with van der Waals surface area (Å²) < 4.78 is 21.7. The van der Waals surface area contributed by atoms with Crippen LogP contribution in [-0.2, 0) is 14.6 Å². The third-order valence-electron chi connectivity index (χ3n) is 2.29. The Kier molecular flexibility index (Phi) is 2.56. The van der Waals surface area contributed by atoms with E-state index >= 15 is 0 Å². The van der Waals surface area contributed by atoms with Gasteiger partial charge in [-0.15, -0.1) is 0 Å². The van der Waals surface area contributed by atoms with Crippen molar-refractivity contribution in [2.75, 3.05) is 11.5 Å². The van der Waals surface area contributed by atoms with Crippen LogP contribution in [0.4, 0.5) is 0 Å². The van der Waals surface area contributed by atoms with Gasteiger partial charge in [-0.25, -0.2) is 8.42 Å². The molecule has 70 valence electrons. The first-order valence-electron chi connectivity index (χ1n) is 4.20. The molecule has 0 radical (unpaired) electrons. The van der Waals surface area contributed by atoms with Crippen molar-refractivity contribution in [3.8, 4) is 0 Å². The van der Waals surface area contributed by atoms with Crippen LogP contribution in [0.15, 0.2) is 0 Å². The lowest BCUT2D eigenvalue weighted by Crippen LogP contribution is -2.49. The summed E-state index contributed by atoms with van der Waals surface area (Å²) in [6.45, 7) is 2.03. The van der Waals surface area contributed by atoms with Crippen molar-refractivity contribution in [3.63, 3.8) is 0 Å². The highest BCUT2D eigenvalue weighted by Crippen LogP contribution is 2.35. The highest BCUT2D eigenvalue weighted by atomic mass is 32.2. The Bertz CT molecular complexity index is 254. The summed E-state index contributed by atoms with van der Waals surface area (Å²) in [5.74, 6) is 0.146. The molecule has 1 fully saturated rings. The molecular formula is C8H14O3S. The van der Waals surface area contributed by atoms with Gasteiger partial charge in [-0.05, 0) is 6.42 Å². The second kappa shape index (κ2) is 3.17. The number of rotatable bonds is 4. The van der Waals surface area contributed by atoms with E-state index in [1.807, 2.05) is 6.92 Å². The fourth-order valence-corrected chi connectivity index (χ4v) is 3.73. The molecule has 3 nitrogen and oxygen atoms in total. The lowest BCUT2D eigenvalue weighted by Gasteiger charge is -2.35. The summed E-state index contributed by atoms with van der Waals surface area (Å²) in [4.78, 5) is 10.6. The number of hydrogen-bond donors (Lipinski definition) is 0. The van der Waals surface area contributed by atoms with Gasteiger partial charge in [0.25, 0.3) is 0 Å². The minimum Gasteiger partial charge on any atom is -0.303 e. The van der Waals surface area contributed by atoms with Crippen molar-refractivity contribution in [3.05, 3.63) is 0 Å². The second-order valence-corrected chi connectivity index (χ2v) is 5.68. The highest BCUT2D eigenvalue weighted by molar-refractivity contribution is 7.93. The molecular weight excluding hydrogens is 176 g/mol. The fraction of sp³-hybridized carbons (Fsp3) is 0.875. The highest BCUT2D eigenvalue weighted by Gasteiger charge is 2.47. The Hall–Kier alpha value is -0.380. The smallest absolute Gasteiger partial charge is 0.152 e. The summed E-state index contributed by atoms with van der Waals surface area (Å²) in [6, 6.07) is 0. The molecule has 12 heavy (non-hydrogen) atoms. The van der Waals surface area contributed by atoms with Crippen LogP contribution in [0.5, 0.6) is 0 Å². The predicted octanol–water partition coefficient (Wildman–Crippen LogP) is 0.790. The van der Waals surface area contributed by atoms with Crippen LogP contribution in [0.3, 0.4) is 0 Å². The number of carbonyl (C=O) groups excluding carboxylic acids is 1. The average Bonchev–Trinajstić information content (AvgIpc) is 1.96. The van der Waals surface area contributed by atoms with Gasteiger partial charge in [0.1, 0.15) is 6.29 Å². The van der Waals surface area contributed by atoms with E-state index in [0.29, 0.717) is 0 Å². The molecule has 1 aliphatic heterocycles. The number of carbonyl (C=O) groups is 1. The van der Waals surface area contributed by atoms with Crippen LogP contribution in [0, 0.1) is 5.41 Å². The Morgan fingerprint density at radius 3 is 2.33 bits per heavy atom. The number of aldehydes is 1. The predicted molar refractivity (Wildman–Crippen MR) is 46.7 cm³/mol. The molecule has 4 heteroatoms. The molecule has 0 aliphatic carbocycles. The first-order valence-corrected chi connectivity index (χ1v) is 6.02. The topological polar surface area (TPSA) is 51.2 Å². The molecule has 1 saturated heterocycles. The monoisotopic (exact) mass is 190 g/mol. The first kappa shape index (κ1) is 9.71. The van der Waals surface area contributed by atoms with Crippen LogP contribution in [0.25, 0.3) is 0 Å². The van der Waals surface area contributed by atoms with Gasteiger partial charge in [0, 0.05) is 0 Å². The van der Waals surface area contributed by atoms with Crippen LogP contribution in [0.2, 0.25) is 0 Å². The maximum absolute atomic E-state index is 10.9. The number of unbranched alkanes of at least 4 members (excludes halogenated alkanes) is 1. The zero-order valence-electron chi connectivity index (χ0n) is 7.25. The molecule has 0 N–H and O–H groups in total. The van der Waals surface area contributed by atoms with E-state index in [-0.39, 0.29) is 11.5 Å². The van der Waals surface area contributed by atoms with Gasteiger partial charge in [0.15, 0.2) is 9.84 Å². The van der Waals surface area contributed by atoms with Gasteiger partial charge < -0.3 is 4.79 Å². The summed E-state index contributed by atoms with van der Waals surface area (Å²) >= 11 is 0. The van der Waals surface area contributed by atoms with Crippen molar-refractivity contribution in [1.82, 2.24) is 0 Å². The van der Waals surface area contributed by atoms with Gasteiger partial charge in [-0.1, -0.05) is 19.8 Å². The molecule has 0 unspecified atom stereocenters. The van der Waals surface area contributed by atoms with Gasteiger partial charge in [0.05, 0.1) is 16.9 Å². The largest absolute Gasteiger partial charge is 0.303 e. The van der Waals surface area contributed by atoms with Crippen molar-refractivity contribution in [2.24, 2.45) is 5.41 Å². The van der Waals surface area contributed by atoms with Crippen LogP contribution < -0.4 is 0 Å². The third-order valence-corrected chi connectivity index (χ3v) is 4.32. The van der Waals surface area contributed by atoms with E-state index in [0.717, 1.165) is 25.5 Å². The van der Waals surface area contributed by atoms with E-state index in [1.54, 1.807) is 0 Å².